The minimum atomic E-state index is -0.700. The molecule has 0 aliphatic rings. The number of amides is 1. The van der Waals surface area contributed by atoms with Gasteiger partial charge in [0.2, 0.25) is 5.75 Å². The van der Waals surface area contributed by atoms with Crippen molar-refractivity contribution in [1.29, 1.82) is 0 Å². The number of rotatable bonds is 6. The number of ether oxygens (including phenoxy) is 2. The smallest absolute Gasteiger partial charge is 0.323 e. The summed E-state index contributed by atoms with van der Waals surface area (Å²) in [5.74, 6) is -1.50. The number of halogens is 1. The molecule has 27 heavy (non-hydrogen) atoms. The van der Waals surface area contributed by atoms with E-state index in [9.17, 15) is 19.7 Å². The minimum absolute atomic E-state index is 0.0455. The number of hydrogen-bond acceptors (Lipinski definition) is 7. The molecule has 0 heterocycles. The van der Waals surface area contributed by atoms with Crippen LogP contribution in [0.15, 0.2) is 41.5 Å². The topological polar surface area (TPSA) is 120 Å². The van der Waals surface area contributed by atoms with Gasteiger partial charge in [-0.2, -0.15) is 5.10 Å². The van der Waals surface area contributed by atoms with Crippen molar-refractivity contribution in [3.05, 3.63) is 62.7 Å². The van der Waals surface area contributed by atoms with Gasteiger partial charge in [0, 0.05) is 17.5 Å². The summed E-state index contributed by atoms with van der Waals surface area (Å²) in [6.07, 6.45) is 1.09. The first-order valence-corrected chi connectivity index (χ1v) is 7.84. The number of nitro benzene ring substituents is 1. The molecule has 0 saturated carbocycles. The third-order valence-corrected chi connectivity index (χ3v) is 3.50. The predicted molar refractivity (Wildman–Crippen MR) is 97.5 cm³/mol. The lowest BCUT2D eigenvalue weighted by Gasteiger charge is -2.09. The van der Waals surface area contributed by atoms with Gasteiger partial charge in [-0.25, -0.2) is 5.43 Å². The highest BCUT2D eigenvalue weighted by atomic mass is 35.5. The van der Waals surface area contributed by atoms with Crippen LogP contribution in [-0.2, 0) is 4.79 Å². The van der Waals surface area contributed by atoms with Gasteiger partial charge in [-0.3, -0.25) is 19.7 Å². The van der Waals surface area contributed by atoms with Crippen molar-refractivity contribution < 1.29 is 24.0 Å². The molecule has 0 aliphatic heterocycles. The first-order chi connectivity index (χ1) is 12.8. The second-order valence-electron chi connectivity index (χ2n) is 5.09. The molecule has 2 rings (SSSR count). The number of carbonyl (C=O) groups is 2. The lowest BCUT2D eigenvalue weighted by molar-refractivity contribution is -0.385. The molecule has 140 valence electrons. The summed E-state index contributed by atoms with van der Waals surface area (Å²) in [5, 5.41) is 15.6. The Morgan fingerprint density at radius 3 is 2.44 bits per heavy atom. The fourth-order valence-electron chi connectivity index (χ4n) is 2.12. The molecule has 0 spiro atoms. The van der Waals surface area contributed by atoms with Gasteiger partial charge in [-0.05, 0) is 36.4 Å². The monoisotopic (exact) mass is 391 g/mol. The summed E-state index contributed by atoms with van der Waals surface area (Å²) < 4.78 is 9.91. The minimum Gasteiger partial charge on any atom is -0.488 e. The van der Waals surface area contributed by atoms with Crippen LogP contribution in [0.1, 0.15) is 22.8 Å². The first kappa shape index (κ1) is 19.9. The number of nitrogens with one attached hydrogen (secondary N) is 1. The molecule has 0 fully saturated rings. The normalized spacial score (nSPS) is 10.5. The van der Waals surface area contributed by atoms with Crippen LogP contribution in [0.4, 0.5) is 5.69 Å². The van der Waals surface area contributed by atoms with Crippen LogP contribution < -0.4 is 14.9 Å². The third kappa shape index (κ3) is 5.02. The molecule has 1 N–H and O–H groups in total. The average Bonchev–Trinajstić information content (AvgIpc) is 2.62. The van der Waals surface area contributed by atoms with Gasteiger partial charge in [-0.1, -0.05) is 11.6 Å². The quantitative estimate of drug-likeness (QED) is 0.266. The van der Waals surface area contributed by atoms with E-state index < -0.39 is 22.5 Å². The highest BCUT2D eigenvalue weighted by molar-refractivity contribution is 6.30. The highest BCUT2D eigenvalue weighted by Crippen LogP contribution is 2.39. The van der Waals surface area contributed by atoms with E-state index in [1.54, 1.807) is 12.1 Å². The molecular formula is C17H14ClN3O6. The summed E-state index contributed by atoms with van der Waals surface area (Å²) in [6.45, 7) is 1.16. The Hall–Kier alpha value is -3.46. The van der Waals surface area contributed by atoms with Crippen molar-refractivity contribution in [2.75, 3.05) is 7.11 Å². The number of hydrogen-bond donors (Lipinski definition) is 1. The fraction of sp³-hybridized carbons (Fsp3) is 0.118. The van der Waals surface area contributed by atoms with Gasteiger partial charge in [0.05, 0.1) is 23.8 Å². The lowest BCUT2D eigenvalue weighted by atomic mass is 10.1. The predicted octanol–water partition coefficient (Wildman–Crippen LogP) is 2.95. The van der Waals surface area contributed by atoms with E-state index in [2.05, 4.69) is 10.5 Å². The van der Waals surface area contributed by atoms with Crippen molar-refractivity contribution >= 4 is 35.4 Å². The number of methoxy groups -OCH3 is 1. The van der Waals surface area contributed by atoms with Crippen LogP contribution in [-0.4, -0.2) is 30.1 Å². The van der Waals surface area contributed by atoms with E-state index in [1.807, 2.05) is 0 Å². The van der Waals surface area contributed by atoms with E-state index in [-0.39, 0.29) is 17.1 Å². The summed E-state index contributed by atoms with van der Waals surface area (Å²) >= 11 is 5.75. The number of esters is 1. The summed E-state index contributed by atoms with van der Waals surface area (Å²) in [7, 11) is 1.21. The zero-order valence-corrected chi connectivity index (χ0v) is 15.0. The van der Waals surface area contributed by atoms with Crippen LogP contribution in [0.3, 0.4) is 0 Å². The van der Waals surface area contributed by atoms with Crippen molar-refractivity contribution in [2.45, 2.75) is 6.92 Å². The zero-order chi connectivity index (χ0) is 20.0. The van der Waals surface area contributed by atoms with E-state index in [0.717, 1.165) is 13.1 Å². The average molecular weight is 392 g/mol. The third-order valence-electron chi connectivity index (χ3n) is 3.24. The lowest BCUT2D eigenvalue weighted by Crippen LogP contribution is -2.17. The van der Waals surface area contributed by atoms with E-state index in [4.69, 9.17) is 21.1 Å². The molecular weight excluding hydrogens is 378 g/mol. The van der Waals surface area contributed by atoms with Crippen molar-refractivity contribution in [3.63, 3.8) is 0 Å². The van der Waals surface area contributed by atoms with Crippen molar-refractivity contribution in [2.24, 2.45) is 5.10 Å². The van der Waals surface area contributed by atoms with Gasteiger partial charge in [0.25, 0.3) is 5.91 Å². The van der Waals surface area contributed by atoms with Crippen LogP contribution in [0.2, 0.25) is 5.02 Å². The Bertz CT molecular complexity index is 912. The Kier molecular flexibility index (Phi) is 6.45. The number of hydrazone groups is 1. The van der Waals surface area contributed by atoms with Crippen LogP contribution in [0.25, 0.3) is 0 Å². The Morgan fingerprint density at radius 2 is 1.89 bits per heavy atom. The molecule has 0 aliphatic carbocycles. The Balaban J connectivity index is 2.28. The van der Waals surface area contributed by atoms with Gasteiger partial charge in [0.1, 0.15) is 0 Å². The maximum Gasteiger partial charge on any atom is 0.323 e. The van der Waals surface area contributed by atoms with Crippen LogP contribution in [0.5, 0.6) is 11.5 Å². The molecule has 0 radical (unpaired) electrons. The number of nitrogens with zero attached hydrogens (tertiary/aromatic N) is 2. The molecule has 2 aromatic carbocycles. The zero-order valence-electron chi connectivity index (χ0n) is 14.3. The summed E-state index contributed by atoms with van der Waals surface area (Å²) in [6, 6.07) is 8.75. The Morgan fingerprint density at radius 1 is 1.22 bits per heavy atom. The van der Waals surface area contributed by atoms with Crippen molar-refractivity contribution in [1.82, 2.24) is 5.43 Å². The van der Waals surface area contributed by atoms with Gasteiger partial charge in [-0.15, -0.1) is 0 Å². The van der Waals surface area contributed by atoms with Gasteiger partial charge in [0.15, 0.2) is 5.75 Å². The molecule has 0 bridgehead atoms. The maximum absolute atomic E-state index is 12.0. The van der Waals surface area contributed by atoms with Crippen molar-refractivity contribution in [3.8, 4) is 11.5 Å². The molecule has 0 aromatic heterocycles. The number of carbonyl (C=O) groups excluding carboxylic acids is 2. The molecule has 0 atom stereocenters. The molecule has 9 nitrogen and oxygen atoms in total. The van der Waals surface area contributed by atoms with Gasteiger partial charge < -0.3 is 9.47 Å². The molecule has 0 saturated heterocycles. The fourth-order valence-corrected chi connectivity index (χ4v) is 2.25. The highest BCUT2D eigenvalue weighted by Gasteiger charge is 2.25. The largest absolute Gasteiger partial charge is 0.488 e. The van der Waals surface area contributed by atoms with Gasteiger partial charge >= 0.3 is 11.7 Å². The van der Waals surface area contributed by atoms with E-state index >= 15 is 0 Å². The summed E-state index contributed by atoms with van der Waals surface area (Å²) in [4.78, 5) is 33.8. The standard InChI is InChI=1S/C17H14ClN3O6/c1-10(22)27-14-8-5-12(15(21(24)25)16(14)26-2)9-19-20-17(23)11-3-6-13(18)7-4-11/h3-9H,1-2H3,(H,20,23). The molecule has 2 aromatic rings. The maximum atomic E-state index is 12.0. The summed E-state index contributed by atoms with van der Waals surface area (Å²) in [5.41, 5.74) is 2.16. The Labute approximate surface area is 158 Å². The number of benzene rings is 2. The SMILES string of the molecule is COc1c(OC(C)=O)ccc(C=NNC(=O)c2ccc(Cl)cc2)c1[N+](=O)[O-]. The molecule has 0 unspecified atom stereocenters. The second-order valence-corrected chi connectivity index (χ2v) is 5.53. The van der Waals surface area contributed by atoms with E-state index in [1.165, 1.54) is 31.4 Å². The first-order valence-electron chi connectivity index (χ1n) is 7.46. The van der Waals surface area contributed by atoms with Crippen LogP contribution >= 0.6 is 11.6 Å². The molecule has 1 amide bonds. The van der Waals surface area contributed by atoms with E-state index in [0.29, 0.717) is 10.6 Å². The number of nitro groups is 1. The van der Waals surface area contributed by atoms with Crippen LogP contribution in [0, 0.1) is 10.1 Å². The molecule has 10 heteroatoms. The second kappa shape index (κ2) is 8.77.